The lowest BCUT2D eigenvalue weighted by Gasteiger charge is -2.40. The molecule has 3 aromatic rings. The summed E-state index contributed by atoms with van der Waals surface area (Å²) in [6.07, 6.45) is 0.877. The van der Waals surface area contributed by atoms with Crippen LogP contribution in [0.1, 0.15) is 20.3 Å². The van der Waals surface area contributed by atoms with E-state index in [-0.39, 0.29) is 10.8 Å². The monoisotopic (exact) mass is 463 g/mol. The molecule has 0 saturated heterocycles. The maximum absolute atomic E-state index is 11.8. The predicted octanol–water partition coefficient (Wildman–Crippen LogP) is 2.80. The highest BCUT2D eigenvalue weighted by Gasteiger charge is 2.46. The number of rotatable bonds is 10. The van der Waals surface area contributed by atoms with Gasteiger partial charge >= 0.3 is 5.97 Å². The Morgan fingerprint density at radius 1 is 0.844 bits per heavy atom. The largest absolute Gasteiger partial charge is 0.480 e. The quantitative estimate of drug-likeness (QED) is 0.358. The summed E-state index contributed by atoms with van der Waals surface area (Å²) in [4.78, 5) is 23.5. The van der Waals surface area contributed by atoms with Crippen molar-refractivity contribution in [2.24, 2.45) is 0 Å². The Labute approximate surface area is 195 Å². The minimum Gasteiger partial charge on any atom is -0.480 e. The zero-order valence-corrected chi connectivity index (χ0v) is 20.2. The number of aliphatic carboxylic acids is 1. The Kier molecular flexibility index (Phi) is 8.31. The van der Waals surface area contributed by atoms with Gasteiger partial charge in [0.05, 0.1) is 0 Å². The molecule has 3 aromatic carbocycles. The summed E-state index contributed by atoms with van der Waals surface area (Å²) in [5, 5.41) is 16.1. The first-order chi connectivity index (χ1) is 15.5. The minimum absolute atomic E-state index is 0.172. The molecule has 2 unspecified atom stereocenters. The summed E-state index contributed by atoms with van der Waals surface area (Å²) in [5.41, 5.74) is 0. The second-order valence-electron chi connectivity index (χ2n) is 7.73. The first kappa shape index (κ1) is 23.8. The molecule has 4 nitrogen and oxygen atoms in total. The van der Waals surface area contributed by atoms with Gasteiger partial charge in [0.15, 0.2) is 8.07 Å². The Morgan fingerprint density at radius 2 is 1.25 bits per heavy atom. The van der Waals surface area contributed by atoms with Gasteiger partial charge in [-0.2, -0.15) is 11.8 Å². The average molecular weight is 464 g/mol. The van der Waals surface area contributed by atoms with Gasteiger partial charge in [0, 0.05) is 17.5 Å². The number of carbonyl (C=O) groups excluding carboxylic acids is 1. The zero-order chi connectivity index (χ0) is 23.0. The van der Waals surface area contributed by atoms with Crippen LogP contribution in [0.4, 0.5) is 0 Å². The van der Waals surface area contributed by atoms with Crippen LogP contribution in [0.5, 0.6) is 0 Å². The fourth-order valence-electron chi connectivity index (χ4n) is 4.34. The van der Waals surface area contributed by atoms with Gasteiger partial charge in [-0.1, -0.05) is 97.9 Å². The number of amides is 1. The molecule has 2 atom stereocenters. The third kappa shape index (κ3) is 5.14. The van der Waals surface area contributed by atoms with Gasteiger partial charge in [-0.05, 0) is 22.0 Å². The molecule has 3 rings (SSSR count). The second kappa shape index (κ2) is 11.2. The van der Waals surface area contributed by atoms with Crippen LogP contribution in [0.15, 0.2) is 91.0 Å². The summed E-state index contributed by atoms with van der Waals surface area (Å²) in [5.74, 6) is -1.02. The third-order valence-electron chi connectivity index (χ3n) is 5.68. The maximum atomic E-state index is 11.8. The molecule has 1 amide bonds. The Bertz CT molecular complexity index is 918. The molecular weight excluding hydrogens is 434 g/mol. The molecule has 0 radical (unpaired) electrons. The Balaban J connectivity index is 2.16. The lowest BCUT2D eigenvalue weighted by Crippen LogP contribution is -2.73. The van der Waals surface area contributed by atoms with Crippen molar-refractivity contribution < 1.29 is 14.7 Å². The number of thioether (sulfide) groups is 1. The third-order valence-corrected chi connectivity index (χ3v) is 13.6. The number of nitrogens with one attached hydrogen (secondary N) is 1. The Morgan fingerprint density at radius 3 is 1.56 bits per heavy atom. The summed E-state index contributed by atoms with van der Waals surface area (Å²) < 4.78 is 0. The fourth-order valence-corrected chi connectivity index (χ4v) is 12.6. The number of hydrogen-bond donors (Lipinski definition) is 2. The molecule has 0 fully saturated rings. The van der Waals surface area contributed by atoms with Crippen molar-refractivity contribution in [3.63, 3.8) is 0 Å². The van der Waals surface area contributed by atoms with Crippen LogP contribution in [0.25, 0.3) is 0 Å². The van der Waals surface area contributed by atoms with Crippen LogP contribution in [0, 0.1) is 0 Å². The predicted molar refractivity (Wildman–Crippen MR) is 136 cm³/mol. The smallest absolute Gasteiger partial charge is 0.327 e. The SMILES string of the molecule is CCC(SCC(NC(C)=O)C(=O)O)[Si](c1ccccc1)(c1ccccc1)c1ccccc1. The van der Waals surface area contributed by atoms with Crippen molar-refractivity contribution in [2.45, 2.75) is 31.2 Å². The molecule has 0 heterocycles. The van der Waals surface area contributed by atoms with Crippen LogP contribution in [0.2, 0.25) is 0 Å². The molecule has 0 aliphatic carbocycles. The first-order valence-corrected chi connectivity index (χ1v) is 13.9. The second-order valence-corrected chi connectivity index (χ2v) is 13.4. The van der Waals surface area contributed by atoms with E-state index in [9.17, 15) is 14.7 Å². The molecule has 166 valence electrons. The summed E-state index contributed by atoms with van der Waals surface area (Å²) in [6, 6.07) is 30.9. The Hall–Kier alpha value is -2.83. The van der Waals surface area contributed by atoms with Gasteiger partial charge in [0.1, 0.15) is 6.04 Å². The van der Waals surface area contributed by atoms with Crippen LogP contribution in [-0.2, 0) is 9.59 Å². The van der Waals surface area contributed by atoms with E-state index in [0.717, 1.165) is 6.42 Å². The summed E-state index contributed by atoms with van der Waals surface area (Å²) in [6.45, 7) is 3.53. The summed E-state index contributed by atoms with van der Waals surface area (Å²) >= 11 is 1.66. The van der Waals surface area contributed by atoms with Crippen molar-refractivity contribution in [1.82, 2.24) is 5.32 Å². The average Bonchev–Trinajstić information content (AvgIpc) is 2.82. The van der Waals surface area contributed by atoms with Crippen molar-refractivity contribution in [1.29, 1.82) is 0 Å². The van der Waals surface area contributed by atoms with Crippen LogP contribution < -0.4 is 20.9 Å². The van der Waals surface area contributed by atoms with Gasteiger partial charge in [-0.25, -0.2) is 4.79 Å². The molecule has 0 spiro atoms. The molecule has 0 aliphatic rings. The van der Waals surface area contributed by atoms with Crippen molar-refractivity contribution in [2.75, 3.05) is 5.75 Å². The topological polar surface area (TPSA) is 66.4 Å². The molecular formula is C26H29NO3SSi. The van der Waals surface area contributed by atoms with Gasteiger partial charge in [-0.15, -0.1) is 0 Å². The molecule has 0 saturated carbocycles. The summed E-state index contributed by atoms with van der Waals surface area (Å²) in [7, 11) is -2.54. The van der Waals surface area contributed by atoms with E-state index < -0.39 is 20.1 Å². The normalized spacial score (nSPS) is 13.2. The van der Waals surface area contributed by atoms with E-state index in [2.05, 4.69) is 85.0 Å². The minimum atomic E-state index is -2.54. The van der Waals surface area contributed by atoms with Crippen molar-refractivity contribution in [3.8, 4) is 0 Å². The number of hydrogen-bond acceptors (Lipinski definition) is 3. The highest BCUT2D eigenvalue weighted by molar-refractivity contribution is 8.02. The van der Waals surface area contributed by atoms with Crippen LogP contribution in [-0.4, -0.2) is 41.7 Å². The van der Waals surface area contributed by atoms with Crippen molar-refractivity contribution in [3.05, 3.63) is 91.0 Å². The van der Waals surface area contributed by atoms with E-state index >= 15 is 0 Å². The maximum Gasteiger partial charge on any atom is 0.327 e. The van der Waals surface area contributed by atoms with Gasteiger partial charge in [-0.3, -0.25) is 4.79 Å². The van der Waals surface area contributed by atoms with E-state index in [1.54, 1.807) is 11.8 Å². The molecule has 0 aromatic heterocycles. The van der Waals surface area contributed by atoms with Gasteiger partial charge in [0.2, 0.25) is 5.91 Å². The van der Waals surface area contributed by atoms with E-state index in [0.29, 0.717) is 5.75 Å². The van der Waals surface area contributed by atoms with E-state index in [1.807, 2.05) is 18.2 Å². The highest BCUT2D eigenvalue weighted by Crippen LogP contribution is 2.27. The standard InChI is InChI=1S/C26H29NO3SSi/c1-3-25(31-19-24(26(29)30)27-20(2)28)32(21-13-7-4-8-14-21,22-15-9-5-10-16-22)23-17-11-6-12-18-23/h4-18,24-25H,3,19H2,1-2H3,(H,27,28)(H,29,30). The van der Waals surface area contributed by atoms with E-state index in [1.165, 1.54) is 22.5 Å². The first-order valence-electron chi connectivity index (χ1n) is 10.8. The van der Waals surface area contributed by atoms with Gasteiger partial charge < -0.3 is 10.4 Å². The fraction of sp³-hybridized carbons (Fsp3) is 0.231. The molecule has 0 aliphatic heterocycles. The van der Waals surface area contributed by atoms with Gasteiger partial charge in [0.25, 0.3) is 0 Å². The molecule has 0 bridgehead atoms. The number of carbonyl (C=O) groups is 2. The zero-order valence-electron chi connectivity index (χ0n) is 18.4. The van der Waals surface area contributed by atoms with E-state index in [4.69, 9.17) is 0 Å². The lowest BCUT2D eigenvalue weighted by atomic mass is 10.3. The van der Waals surface area contributed by atoms with Crippen LogP contribution >= 0.6 is 11.8 Å². The van der Waals surface area contributed by atoms with Crippen LogP contribution in [0.3, 0.4) is 0 Å². The lowest BCUT2D eigenvalue weighted by molar-refractivity contribution is -0.140. The molecule has 32 heavy (non-hydrogen) atoms. The number of benzene rings is 3. The highest BCUT2D eigenvalue weighted by atomic mass is 32.2. The van der Waals surface area contributed by atoms with Crippen molar-refractivity contribution >= 4 is 47.3 Å². The number of carboxylic acids is 1. The number of carboxylic acid groups (broad SMARTS) is 1. The molecule has 6 heteroatoms. The molecule has 2 N–H and O–H groups in total.